The average molecular weight is 279 g/mol. The fraction of sp³-hybridized carbons (Fsp3) is 0.625. The van der Waals surface area contributed by atoms with Crippen molar-refractivity contribution in [2.24, 2.45) is 5.73 Å². The van der Waals surface area contributed by atoms with Gasteiger partial charge in [0, 0.05) is 17.2 Å². The Hall–Kier alpha value is -1.42. The third kappa shape index (κ3) is 2.85. The third-order valence-electron chi connectivity index (χ3n) is 4.07. The van der Waals surface area contributed by atoms with Crippen LogP contribution in [0.4, 0.5) is 0 Å². The van der Waals surface area contributed by atoms with Gasteiger partial charge in [-0.05, 0) is 25.8 Å². The summed E-state index contributed by atoms with van der Waals surface area (Å²) in [5.74, 6) is 2.21. The first-order valence-electron chi connectivity index (χ1n) is 7.33. The summed E-state index contributed by atoms with van der Waals surface area (Å²) in [5, 5.41) is 0. The maximum absolute atomic E-state index is 6.64. The highest BCUT2D eigenvalue weighted by Gasteiger charge is 2.33. The Labute approximate surface area is 121 Å². The topological polar surface area (TPSA) is 53.7 Å². The van der Waals surface area contributed by atoms with Gasteiger partial charge in [0.25, 0.3) is 0 Å². The van der Waals surface area contributed by atoms with Crippen molar-refractivity contribution in [3.05, 3.63) is 17.7 Å². The molecule has 0 saturated heterocycles. The van der Waals surface area contributed by atoms with Gasteiger partial charge in [0.05, 0.1) is 20.8 Å². The Balaban J connectivity index is 2.46. The lowest BCUT2D eigenvalue weighted by Crippen LogP contribution is -2.39. The van der Waals surface area contributed by atoms with Gasteiger partial charge >= 0.3 is 0 Å². The summed E-state index contributed by atoms with van der Waals surface area (Å²) in [4.78, 5) is 0. The molecule has 0 spiro atoms. The molecule has 2 rings (SSSR count). The van der Waals surface area contributed by atoms with E-state index in [4.69, 9.17) is 19.9 Å². The molecule has 1 aliphatic carbocycles. The van der Waals surface area contributed by atoms with Crippen LogP contribution in [0.2, 0.25) is 0 Å². The van der Waals surface area contributed by atoms with E-state index in [2.05, 4.69) is 0 Å². The van der Waals surface area contributed by atoms with Gasteiger partial charge in [-0.1, -0.05) is 19.3 Å². The van der Waals surface area contributed by atoms with Gasteiger partial charge in [-0.15, -0.1) is 0 Å². The molecule has 2 N–H and O–H groups in total. The Kier molecular flexibility index (Phi) is 4.76. The van der Waals surface area contributed by atoms with E-state index >= 15 is 0 Å². The van der Waals surface area contributed by atoms with Gasteiger partial charge in [0.1, 0.15) is 5.75 Å². The number of hydrogen-bond donors (Lipinski definition) is 1. The Morgan fingerprint density at radius 1 is 1.00 bits per heavy atom. The van der Waals surface area contributed by atoms with Crippen LogP contribution in [0.5, 0.6) is 17.2 Å². The zero-order valence-corrected chi connectivity index (χ0v) is 12.7. The van der Waals surface area contributed by atoms with Gasteiger partial charge in [-0.2, -0.15) is 0 Å². The van der Waals surface area contributed by atoms with Gasteiger partial charge in [0.2, 0.25) is 0 Å². The molecular formula is C16H25NO3. The summed E-state index contributed by atoms with van der Waals surface area (Å²) in [6.07, 6.45) is 5.56. The van der Waals surface area contributed by atoms with Gasteiger partial charge < -0.3 is 19.9 Å². The number of rotatable bonds is 5. The number of ether oxygens (including phenoxy) is 3. The van der Waals surface area contributed by atoms with Crippen molar-refractivity contribution in [3.8, 4) is 17.2 Å². The van der Waals surface area contributed by atoms with Crippen LogP contribution in [0.1, 0.15) is 44.6 Å². The molecule has 0 unspecified atom stereocenters. The summed E-state index contributed by atoms with van der Waals surface area (Å²) in [5.41, 5.74) is 7.35. The lowest BCUT2D eigenvalue weighted by molar-refractivity contribution is 0.279. The number of benzene rings is 1. The van der Waals surface area contributed by atoms with E-state index < -0.39 is 0 Å². The van der Waals surface area contributed by atoms with Crippen LogP contribution >= 0.6 is 0 Å². The quantitative estimate of drug-likeness (QED) is 0.899. The summed E-state index contributed by atoms with van der Waals surface area (Å²) in [6.45, 7) is 2.56. The normalized spacial score (nSPS) is 17.6. The van der Waals surface area contributed by atoms with Crippen LogP contribution in [0.25, 0.3) is 0 Å². The zero-order chi connectivity index (χ0) is 14.6. The molecule has 0 aromatic heterocycles. The summed E-state index contributed by atoms with van der Waals surface area (Å²) in [7, 11) is 3.31. The van der Waals surface area contributed by atoms with Crippen LogP contribution in [-0.4, -0.2) is 20.8 Å². The fourth-order valence-electron chi connectivity index (χ4n) is 2.98. The maximum Gasteiger partial charge on any atom is 0.164 e. The van der Waals surface area contributed by atoms with Crippen LogP contribution < -0.4 is 19.9 Å². The SMILES string of the molecule is CCOc1cc(C2(N)CCCCC2)c(OC)cc1OC. The predicted molar refractivity (Wildman–Crippen MR) is 79.7 cm³/mol. The van der Waals surface area contributed by atoms with E-state index in [0.717, 1.165) is 42.7 Å². The predicted octanol–water partition coefficient (Wildman–Crippen LogP) is 3.22. The summed E-state index contributed by atoms with van der Waals surface area (Å²) in [6, 6.07) is 3.87. The van der Waals surface area contributed by atoms with E-state index in [1.807, 2.05) is 19.1 Å². The second kappa shape index (κ2) is 6.35. The smallest absolute Gasteiger partial charge is 0.164 e. The highest BCUT2D eigenvalue weighted by Crippen LogP contribution is 2.44. The minimum absolute atomic E-state index is 0.318. The minimum atomic E-state index is -0.318. The molecule has 112 valence electrons. The lowest BCUT2D eigenvalue weighted by Gasteiger charge is -2.35. The standard InChI is InChI=1S/C16H25NO3/c1-4-20-15-10-12(13(18-2)11-14(15)19-3)16(17)8-6-5-7-9-16/h10-11H,4-9,17H2,1-3H3. The van der Waals surface area contributed by atoms with Crippen LogP contribution in [0, 0.1) is 0 Å². The van der Waals surface area contributed by atoms with Crippen LogP contribution in [-0.2, 0) is 5.54 Å². The molecule has 0 radical (unpaired) electrons. The van der Waals surface area contributed by atoms with Crippen molar-refractivity contribution in [3.63, 3.8) is 0 Å². The number of hydrogen-bond acceptors (Lipinski definition) is 4. The Morgan fingerprint density at radius 2 is 1.65 bits per heavy atom. The first-order chi connectivity index (χ1) is 9.64. The molecule has 0 atom stereocenters. The highest BCUT2D eigenvalue weighted by molar-refractivity contribution is 5.53. The van der Waals surface area contributed by atoms with Crippen molar-refractivity contribution < 1.29 is 14.2 Å². The molecule has 1 fully saturated rings. The largest absolute Gasteiger partial charge is 0.496 e. The molecular weight excluding hydrogens is 254 g/mol. The lowest BCUT2D eigenvalue weighted by atomic mass is 9.77. The molecule has 1 saturated carbocycles. The molecule has 0 heterocycles. The maximum atomic E-state index is 6.64. The molecule has 4 heteroatoms. The number of methoxy groups -OCH3 is 2. The number of nitrogens with two attached hydrogens (primary N) is 1. The second-order valence-corrected chi connectivity index (χ2v) is 5.35. The Morgan fingerprint density at radius 3 is 2.20 bits per heavy atom. The summed E-state index contributed by atoms with van der Waals surface area (Å²) < 4.78 is 16.6. The van der Waals surface area contributed by atoms with E-state index in [9.17, 15) is 0 Å². The molecule has 1 aliphatic rings. The highest BCUT2D eigenvalue weighted by atomic mass is 16.5. The van der Waals surface area contributed by atoms with E-state index in [1.54, 1.807) is 14.2 Å². The molecule has 0 amide bonds. The average Bonchev–Trinajstić information content (AvgIpc) is 2.48. The Bertz CT molecular complexity index is 453. The van der Waals surface area contributed by atoms with Gasteiger partial charge in [0.15, 0.2) is 11.5 Å². The van der Waals surface area contributed by atoms with Gasteiger partial charge in [-0.3, -0.25) is 0 Å². The monoisotopic (exact) mass is 279 g/mol. The molecule has 1 aromatic carbocycles. The van der Waals surface area contributed by atoms with Crippen molar-refractivity contribution in [2.45, 2.75) is 44.6 Å². The van der Waals surface area contributed by atoms with Gasteiger partial charge in [-0.25, -0.2) is 0 Å². The first-order valence-corrected chi connectivity index (χ1v) is 7.33. The second-order valence-electron chi connectivity index (χ2n) is 5.35. The molecule has 0 aliphatic heterocycles. The van der Waals surface area contributed by atoms with Crippen molar-refractivity contribution in [1.82, 2.24) is 0 Å². The molecule has 0 bridgehead atoms. The first kappa shape index (κ1) is 15.0. The van der Waals surface area contributed by atoms with E-state index in [1.165, 1.54) is 6.42 Å². The molecule has 20 heavy (non-hydrogen) atoms. The van der Waals surface area contributed by atoms with E-state index in [0.29, 0.717) is 12.4 Å². The van der Waals surface area contributed by atoms with E-state index in [-0.39, 0.29) is 5.54 Å². The third-order valence-corrected chi connectivity index (χ3v) is 4.07. The van der Waals surface area contributed by atoms with Crippen molar-refractivity contribution in [2.75, 3.05) is 20.8 Å². The van der Waals surface area contributed by atoms with Crippen molar-refractivity contribution in [1.29, 1.82) is 0 Å². The van der Waals surface area contributed by atoms with Crippen LogP contribution in [0.3, 0.4) is 0 Å². The minimum Gasteiger partial charge on any atom is -0.496 e. The van der Waals surface area contributed by atoms with Crippen molar-refractivity contribution >= 4 is 0 Å². The van der Waals surface area contributed by atoms with Crippen LogP contribution in [0.15, 0.2) is 12.1 Å². The molecule has 4 nitrogen and oxygen atoms in total. The molecule has 1 aromatic rings. The zero-order valence-electron chi connectivity index (χ0n) is 12.7. The fourth-order valence-corrected chi connectivity index (χ4v) is 2.98. The summed E-state index contributed by atoms with van der Waals surface area (Å²) >= 11 is 0.